The highest BCUT2D eigenvalue weighted by atomic mass is 16.5. The van der Waals surface area contributed by atoms with Crippen LogP contribution in [0.2, 0.25) is 0 Å². The van der Waals surface area contributed by atoms with Crippen LogP contribution < -0.4 is 10.6 Å². The highest BCUT2D eigenvalue weighted by Crippen LogP contribution is 2.23. The minimum absolute atomic E-state index is 0.0688. The number of aromatic hydroxyl groups is 2. The van der Waals surface area contributed by atoms with Crippen LogP contribution in [0.4, 0.5) is 4.79 Å². The van der Waals surface area contributed by atoms with Crippen molar-refractivity contribution in [3.05, 3.63) is 23.8 Å². The van der Waals surface area contributed by atoms with E-state index in [0.29, 0.717) is 0 Å². The number of ether oxygens (including phenoxy) is 1. The monoisotopic (exact) mass is 322 g/mol. The van der Waals surface area contributed by atoms with Crippen LogP contribution in [0.3, 0.4) is 0 Å². The van der Waals surface area contributed by atoms with E-state index in [1.807, 2.05) is 0 Å². The van der Waals surface area contributed by atoms with Gasteiger partial charge in [0.1, 0.15) is 17.1 Å². The van der Waals surface area contributed by atoms with E-state index in [0.717, 1.165) is 37.8 Å². The van der Waals surface area contributed by atoms with Crippen LogP contribution >= 0.6 is 0 Å². The Hall–Kier alpha value is -2.77. The first-order valence-electron chi connectivity index (χ1n) is 7.25. The van der Waals surface area contributed by atoms with Gasteiger partial charge in [0.15, 0.2) is 6.61 Å². The summed E-state index contributed by atoms with van der Waals surface area (Å²) in [6, 6.07) is 2.79. The Kier molecular flexibility index (Phi) is 5.40. The molecular formula is C15H18N2O6. The number of nitrogens with one attached hydrogen (secondary N) is 2. The van der Waals surface area contributed by atoms with Crippen molar-refractivity contribution in [2.24, 2.45) is 0 Å². The molecule has 4 N–H and O–H groups in total. The highest BCUT2D eigenvalue weighted by Gasteiger charge is 2.19. The Morgan fingerprint density at radius 2 is 1.87 bits per heavy atom. The van der Waals surface area contributed by atoms with Crippen LogP contribution in [0.25, 0.3) is 0 Å². The fourth-order valence-corrected chi connectivity index (χ4v) is 2.36. The van der Waals surface area contributed by atoms with Crippen LogP contribution in [0.15, 0.2) is 18.2 Å². The van der Waals surface area contributed by atoms with Gasteiger partial charge in [0.2, 0.25) is 0 Å². The van der Waals surface area contributed by atoms with E-state index in [9.17, 15) is 19.5 Å². The molecule has 1 fully saturated rings. The van der Waals surface area contributed by atoms with Crippen molar-refractivity contribution in [1.29, 1.82) is 0 Å². The summed E-state index contributed by atoms with van der Waals surface area (Å²) in [5.74, 6) is -2.38. The van der Waals surface area contributed by atoms with E-state index in [2.05, 4.69) is 10.6 Å². The Morgan fingerprint density at radius 1 is 1.17 bits per heavy atom. The summed E-state index contributed by atoms with van der Waals surface area (Å²) >= 11 is 0. The molecule has 2 rings (SSSR count). The number of carbonyl (C=O) groups excluding carboxylic acids is 3. The van der Waals surface area contributed by atoms with Gasteiger partial charge in [0.05, 0.1) is 0 Å². The van der Waals surface area contributed by atoms with E-state index < -0.39 is 30.3 Å². The van der Waals surface area contributed by atoms with E-state index in [4.69, 9.17) is 9.84 Å². The van der Waals surface area contributed by atoms with Crippen molar-refractivity contribution in [3.8, 4) is 11.5 Å². The van der Waals surface area contributed by atoms with E-state index in [-0.39, 0.29) is 17.4 Å². The summed E-state index contributed by atoms with van der Waals surface area (Å²) in [5, 5.41) is 23.4. The molecule has 8 heteroatoms. The van der Waals surface area contributed by atoms with Gasteiger partial charge in [-0.1, -0.05) is 12.8 Å². The van der Waals surface area contributed by atoms with Gasteiger partial charge in [-0.25, -0.2) is 9.59 Å². The summed E-state index contributed by atoms with van der Waals surface area (Å²) in [4.78, 5) is 34.8. The second kappa shape index (κ2) is 7.48. The molecule has 0 aromatic heterocycles. The number of benzene rings is 1. The number of rotatable bonds is 4. The first kappa shape index (κ1) is 16.6. The summed E-state index contributed by atoms with van der Waals surface area (Å²) in [6.45, 7) is -0.656. The highest BCUT2D eigenvalue weighted by molar-refractivity contribution is 5.97. The van der Waals surface area contributed by atoms with Gasteiger partial charge in [0.25, 0.3) is 5.91 Å². The van der Waals surface area contributed by atoms with Crippen LogP contribution in [-0.4, -0.2) is 40.8 Å². The molecule has 124 valence electrons. The fraction of sp³-hybridized carbons (Fsp3) is 0.400. The molecular weight excluding hydrogens is 304 g/mol. The summed E-state index contributed by atoms with van der Waals surface area (Å²) < 4.78 is 4.71. The lowest BCUT2D eigenvalue weighted by molar-refractivity contribution is -0.123. The molecule has 0 bridgehead atoms. The zero-order valence-corrected chi connectivity index (χ0v) is 12.4. The van der Waals surface area contributed by atoms with Crippen LogP contribution in [0, 0.1) is 0 Å². The van der Waals surface area contributed by atoms with E-state index in [1.165, 1.54) is 6.07 Å². The maximum atomic E-state index is 11.7. The minimum atomic E-state index is -0.936. The Morgan fingerprint density at radius 3 is 2.52 bits per heavy atom. The molecule has 1 aromatic carbocycles. The van der Waals surface area contributed by atoms with E-state index >= 15 is 0 Å². The van der Waals surface area contributed by atoms with Crippen LogP contribution in [0.5, 0.6) is 11.5 Å². The molecule has 0 aliphatic heterocycles. The lowest BCUT2D eigenvalue weighted by Crippen LogP contribution is -2.44. The largest absolute Gasteiger partial charge is 0.508 e. The van der Waals surface area contributed by atoms with Crippen molar-refractivity contribution >= 4 is 17.9 Å². The Bertz CT molecular complexity index is 610. The van der Waals surface area contributed by atoms with Gasteiger partial charge in [-0.15, -0.1) is 0 Å². The SMILES string of the molecule is O=C(COC(=O)c1ccc(O)cc1O)NC(=O)NC1CCCC1. The smallest absolute Gasteiger partial charge is 0.342 e. The van der Waals surface area contributed by atoms with Crippen LogP contribution in [0.1, 0.15) is 36.0 Å². The molecule has 1 aliphatic rings. The lowest BCUT2D eigenvalue weighted by Gasteiger charge is -2.12. The van der Waals surface area contributed by atoms with Crippen molar-refractivity contribution in [2.45, 2.75) is 31.7 Å². The molecule has 0 radical (unpaired) electrons. The second-order valence-corrected chi connectivity index (χ2v) is 5.28. The van der Waals surface area contributed by atoms with Gasteiger partial charge in [-0.05, 0) is 25.0 Å². The van der Waals surface area contributed by atoms with Gasteiger partial charge in [-0.3, -0.25) is 10.1 Å². The maximum Gasteiger partial charge on any atom is 0.342 e. The number of phenolic OH excluding ortho intramolecular Hbond substituents is 2. The number of imide groups is 1. The molecule has 0 saturated heterocycles. The summed E-state index contributed by atoms with van der Waals surface area (Å²) in [6.07, 6.45) is 3.87. The topological polar surface area (TPSA) is 125 Å². The molecule has 23 heavy (non-hydrogen) atoms. The van der Waals surface area contributed by atoms with Gasteiger partial charge in [-0.2, -0.15) is 0 Å². The van der Waals surface area contributed by atoms with Crippen LogP contribution in [-0.2, 0) is 9.53 Å². The van der Waals surface area contributed by atoms with E-state index in [1.54, 1.807) is 0 Å². The Balaban J connectivity index is 1.77. The normalized spacial score (nSPS) is 14.3. The number of amides is 3. The molecule has 1 saturated carbocycles. The number of esters is 1. The molecule has 0 atom stereocenters. The summed E-state index contributed by atoms with van der Waals surface area (Å²) in [7, 11) is 0. The minimum Gasteiger partial charge on any atom is -0.508 e. The molecule has 8 nitrogen and oxygen atoms in total. The zero-order valence-electron chi connectivity index (χ0n) is 12.4. The van der Waals surface area contributed by atoms with Crippen molar-refractivity contribution in [3.63, 3.8) is 0 Å². The number of hydrogen-bond acceptors (Lipinski definition) is 6. The Labute approximate surface area is 132 Å². The van der Waals surface area contributed by atoms with Crippen molar-refractivity contribution in [1.82, 2.24) is 10.6 Å². The maximum absolute atomic E-state index is 11.7. The quantitative estimate of drug-likeness (QED) is 0.613. The number of phenols is 2. The fourth-order valence-electron chi connectivity index (χ4n) is 2.36. The van der Waals surface area contributed by atoms with Crippen molar-refractivity contribution in [2.75, 3.05) is 6.61 Å². The third kappa shape index (κ3) is 4.87. The molecule has 1 aromatic rings. The second-order valence-electron chi connectivity index (χ2n) is 5.28. The third-order valence-corrected chi connectivity index (χ3v) is 3.48. The molecule has 0 spiro atoms. The van der Waals surface area contributed by atoms with Gasteiger partial charge >= 0.3 is 12.0 Å². The van der Waals surface area contributed by atoms with Gasteiger partial charge in [0, 0.05) is 12.1 Å². The first-order valence-corrected chi connectivity index (χ1v) is 7.25. The van der Waals surface area contributed by atoms with Crippen molar-refractivity contribution < 1.29 is 29.3 Å². The molecule has 3 amide bonds. The standard InChI is InChI=1S/C15H18N2O6/c18-10-5-6-11(12(19)7-10)14(21)23-8-13(20)17-15(22)16-9-3-1-2-4-9/h5-7,9,18-19H,1-4,8H2,(H2,16,17,20,22). The average Bonchev–Trinajstić information content (AvgIpc) is 2.97. The lowest BCUT2D eigenvalue weighted by atomic mass is 10.2. The average molecular weight is 322 g/mol. The zero-order chi connectivity index (χ0) is 16.8. The third-order valence-electron chi connectivity index (χ3n) is 3.48. The molecule has 0 heterocycles. The number of hydrogen-bond donors (Lipinski definition) is 4. The molecule has 0 unspecified atom stereocenters. The predicted molar refractivity (Wildman–Crippen MR) is 79.0 cm³/mol. The molecule has 1 aliphatic carbocycles. The number of urea groups is 1. The first-order chi connectivity index (χ1) is 11.0. The number of carbonyl (C=O) groups is 3. The predicted octanol–water partition coefficient (Wildman–Crippen LogP) is 1.02. The van der Waals surface area contributed by atoms with Gasteiger partial charge < -0.3 is 20.3 Å². The summed E-state index contributed by atoms with van der Waals surface area (Å²) in [5.41, 5.74) is -0.189.